The zero-order valence-electron chi connectivity index (χ0n) is 12.5. The Kier molecular flexibility index (Phi) is 6.37. The Hall–Kier alpha value is -1.91. The summed E-state index contributed by atoms with van der Waals surface area (Å²) in [6.07, 6.45) is 8.23. The van der Waals surface area contributed by atoms with Gasteiger partial charge in [-0.25, -0.2) is 0 Å². The number of allylic oxidation sites excluding steroid dienone is 1. The molecule has 2 rings (SSSR count). The van der Waals surface area contributed by atoms with Crippen LogP contribution in [0.2, 0.25) is 0 Å². The van der Waals surface area contributed by atoms with E-state index >= 15 is 0 Å². The molecule has 0 saturated carbocycles. The van der Waals surface area contributed by atoms with Gasteiger partial charge >= 0.3 is 6.61 Å². The lowest BCUT2D eigenvalue weighted by atomic mass is 9.97. The number of rotatable bonds is 7. The zero-order chi connectivity index (χ0) is 15.8. The molecule has 1 amide bonds. The molecule has 1 N–H and O–H groups in total. The van der Waals surface area contributed by atoms with Crippen molar-refractivity contribution in [3.05, 3.63) is 41.5 Å². The van der Waals surface area contributed by atoms with Crippen molar-refractivity contribution < 1.29 is 18.3 Å². The number of halogens is 2. The van der Waals surface area contributed by atoms with Crippen LogP contribution in [0.5, 0.6) is 5.75 Å². The number of benzene rings is 1. The molecule has 1 aromatic carbocycles. The van der Waals surface area contributed by atoms with Gasteiger partial charge in [-0.05, 0) is 49.8 Å². The summed E-state index contributed by atoms with van der Waals surface area (Å²) < 4.78 is 28.3. The molecule has 0 atom stereocenters. The second kappa shape index (κ2) is 8.51. The topological polar surface area (TPSA) is 38.3 Å². The van der Waals surface area contributed by atoms with Crippen molar-refractivity contribution in [3.8, 4) is 5.75 Å². The molecule has 0 fully saturated rings. The molecule has 0 radical (unpaired) electrons. The predicted octanol–water partition coefficient (Wildman–Crippen LogP) is 3.84. The van der Waals surface area contributed by atoms with Gasteiger partial charge in [-0.3, -0.25) is 4.79 Å². The van der Waals surface area contributed by atoms with Crippen molar-refractivity contribution in [2.75, 3.05) is 6.54 Å². The van der Waals surface area contributed by atoms with Crippen LogP contribution >= 0.6 is 0 Å². The van der Waals surface area contributed by atoms with Gasteiger partial charge in [-0.1, -0.05) is 23.8 Å². The van der Waals surface area contributed by atoms with Gasteiger partial charge in [0.25, 0.3) is 0 Å². The molecule has 120 valence electrons. The highest BCUT2D eigenvalue weighted by Crippen LogP contribution is 2.19. The summed E-state index contributed by atoms with van der Waals surface area (Å²) in [5.74, 6) is 0.0438. The highest BCUT2D eigenvalue weighted by Gasteiger charge is 2.07. The van der Waals surface area contributed by atoms with Crippen LogP contribution in [0.4, 0.5) is 8.78 Å². The van der Waals surface area contributed by atoms with Crippen molar-refractivity contribution in [2.24, 2.45) is 0 Å². The van der Waals surface area contributed by atoms with E-state index in [1.807, 2.05) is 0 Å². The first kappa shape index (κ1) is 16.5. The third-order valence-electron chi connectivity index (χ3n) is 3.67. The molecule has 1 aromatic rings. The molecule has 0 aromatic heterocycles. The molecule has 0 saturated heterocycles. The fourth-order valence-corrected chi connectivity index (χ4v) is 2.53. The van der Waals surface area contributed by atoms with Crippen LogP contribution in [0, 0.1) is 0 Å². The number of carbonyl (C=O) groups excluding carboxylic acids is 1. The molecular weight excluding hydrogens is 288 g/mol. The smallest absolute Gasteiger partial charge is 0.387 e. The Morgan fingerprint density at radius 3 is 2.64 bits per heavy atom. The van der Waals surface area contributed by atoms with Gasteiger partial charge in [0, 0.05) is 6.54 Å². The van der Waals surface area contributed by atoms with Gasteiger partial charge < -0.3 is 10.1 Å². The first-order valence-corrected chi connectivity index (χ1v) is 7.62. The maximum Gasteiger partial charge on any atom is 0.387 e. The van der Waals surface area contributed by atoms with Gasteiger partial charge in [-0.2, -0.15) is 8.78 Å². The number of alkyl halides is 2. The van der Waals surface area contributed by atoms with E-state index in [1.165, 1.54) is 30.5 Å². The van der Waals surface area contributed by atoms with Gasteiger partial charge in [0.15, 0.2) is 0 Å². The molecule has 1 aliphatic carbocycles. The van der Waals surface area contributed by atoms with Gasteiger partial charge in [0.2, 0.25) is 5.91 Å². The quantitative estimate of drug-likeness (QED) is 0.777. The number of carbonyl (C=O) groups is 1. The average molecular weight is 309 g/mol. The second-order valence-electron chi connectivity index (χ2n) is 5.41. The van der Waals surface area contributed by atoms with E-state index in [-0.39, 0.29) is 18.1 Å². The third-order valence-corrected chi connectivity index (χ3v) is 3.67. The number of ether oxygens (including phenoxy) is 1. The van der Waals surface area contributed by atoms with Gasteiger partial charge in [-0.15, -0.1) is 0 Å². The highest BCUT2D eigenvalue weighted by atomic mass is 19.3. The van der Waals surface area contributed by atoms with Crippen LogP contribution in [-0.4, -0.2) is 19.1 Å². The lowest BCUT2D eigenvalue weighted by Crippen LogP contribution is -2.26. The minimum absolute atomic E-state index is 0.0565. The minimum atomic E-state index is -2.83. The van der Waals surface area contributed by atoms with E-state index in [0.29, 0.717) is 6.54 Å². The lowest BCUT2D eigenvalue weighted by molar-refractivity contribution is -0.120. The maximum atomic E-state index is 12.0. The van der Waals surface area contributed by atoms with E-state index in [4.69, 9.17) is 0 Å². The van der Waals surface area contributed by atoms with Crippen molar-refractivity contribution >= 4 is 5.91 Å². The zero-order valence-corrected chi connectivity index (χ0v) is 12.5. The van der Waals surface area contributed by atoms with Crippen LogP contribution in [0.3, 0.4) is 0 Å². The first-order chi connectivity index (χ1) is 10.6. The lowest BCUT2D eigenvalue weighted by Gasteiger charge is -2.13. The number of hydrogen-bond donors (Lipinski definition) is 1. The number of nitrogens with one attached hydrogen (secondary N) is 1. The molecule has 0 bridgehead atoms. The van der Waals surface area contributed by atoms with Gasteiger partial charge in [0.1, 0.15) is 5.75 Å². The highest BCUT2D eigenvalue weighted by molar-refractivity contribution is 5.78. The normalized spacial score (nSPS) is 14.6. The molecule has 0 heterocycles. The monoisotopic (exact) mass is 309 g/mol. The summed E-state index contributed by atoms with van der Waals surface area (Å²) in [5, 5.41) is 2.89. The van der Waals surface area contributed by atoms with Crippen molar-refractivity contribution in [1.29, 1.82) is 0 Å². The van der Waals surface area contributed by atoms with Crippen molar-refractivity contribution in [3.63, 3.8) is 0 Å². The number of hydrogen-bond acceptors (Lipinski definition) is 2. The van der Waals surface area contributed by atoms with Crippen LogP contribution in [-0.2, 0) is 11.2 Å². The second-order valence-corrected chi connectivity index (χ2v) is 5.41. The van der Waals surface area contributed by atoms with E-state index < -0.39 is 6.61 Å². The largest absolute Gasteiger partial charge is 0.435 e. The SMILES string of the molecule is O=C(Cc1ccc(OC(F)F)cc1)NCCC1=CCCCC1. The molecule has 1 aliphatic rings. The van der Waals surface area contributed by atoms with E-state index in [9.17, 15) is 13.6 Å². The predicted molar refractivity (Wildman–Crippen MR) is 81.0 cm³/mol. The maximum absolute atomic E-state index is 12.0. The Labute approximate surface area is 129 Å². The summed E-state index contributed by atoms with van der Waals surface area (Å²) in [5.41, 5.74) is 2.20. The standard InChI is InChI=1S/C17H21F2NO2/c18-17(19)22-15-8-6-14(7-9-15)12-16(21)20-11-10-13-4-2-1-3-5-13/h4,6-9,17H,1-3,5,10-12H2,(H,20,21). The Bertz CT molecular complexity index is 512. The van der Waals surface area contributed by atoms with Gasteiger partial charge in [0.05, 0.1) is 6.42 Å². The molecule has 0 unspecified atom stereocenters. The number of amides is 1. The van der Waals surface area contributed by atoms with E-state index in [2.05, 4.69) is 16.1 Å². The molecule has 22 heavy (non-hydrogen) atoms. The summed E-state index contributed by atoms with van der Waals surface area (Å²) in [7, 11) is 0. The average Bonchev–Trinajstić information content (AvgIpc) is 2.50. The molecular formula is C17H21F2NO2. The van der Waals surface area contributed by atoms with Crippen LogP contribution in [0.25, 0.3) is 0 Å². The Balaban J connectivity index is 1.71. The fraction of sp³-hybridized carbons (Fsp3) is 0.471. The molecule has 0 aliphatic heterocycles. The van der Waals surface area contributed by atoms with E-state index in [1.54, 1.807) is 12.1 Å². The summed E-state index contributed by atoms with van der Waals surface area (Å²) in [6.45, 7) is -2.18. The minimum Gasteiger partial charge on any atom is -0.435 e. The van der Waals surface area contributed by atoms with Crippen LogP contribution < -0.4 is 10.1 Å². The van der Waals surface area contributed by atoms with Crippen LogP contribution in [0.15, 0.2) is 35.9 Å². The van der Waals surface area contributed by atoms with E-state index in [0.717, 1.165) is 24.8 Å². The fourth-order valence-electron chi connectivity index (χ4n) is 2.53. The first-order valence-electron chi connectivity index (χ1n) is 7.62. The molecule has 5 heteroatoms. The Morgan fingerprint density at radius 2 is 2.00 bits per heavy atom. The van der Waals surface area contributed by atoms with Crippen molar-refractivity contribution in [1.82, 2.24) is 5.32 Å². The van der Waals surface area contributed by atoms with Crippen molar-refractivity contribution in [2.45, 2.75) is 45.1 Å². The van der Waals surface area contributed by atoms with Crippen LogP contribution in [0.1, 0.15) is 37.7 Å². The third kappa shape index (κ3) is 5.84. The summed E-state index contributed by atoms with van der Waals surface area (Å²) in [6, 6.07) is 6.14. The summed E-state index contributed by atoms with van der Waals surface area (Å²) >= 11 is 0. The molecule has 3 nitrogen and oxygen atoms in total. The molecule has 0 spiro atoms. The Morgan fingerprint density at radius 1 is 1.23 bits per heavy atom. The summed E-state index contributed by atoms with van der Waals surface area (Å²) in [4.78, 5) is 11.8.